The number of halogens is 3. The van der Waals surface area contributed by atoms with E-state index in [1.807, 2.05) is 41.1 Å². The molecule has 5 rings (SSSR count). The van der Waals surface area contributed by atoms with Crippen LogP contribution in [0.25, 0.3) is 11.0 Å². The molecule has 192 valence electrons. The number of likely N-dealkylation sites (tertiary alicyclic amines) is 1. The SMILES string of the molecule is CN1CCCN(C(=O)[C@@H]2C[C@@H](Sc3nc4ccccc4[nH]3)CN2Cc2ccccc2C(F)(F)F)CC1. The summed E-state index contributed by atoms with van der Waals surface area (Å²) < 4.78 is 41.1. The third-order valence-electron chi connectivity index (χ3n) is 7.02. The Bertz CT molecular complexity index is 1180. The molecule has 1 amide bonds. The number of aromatic amines is 1. The van der Waals surface area contributed by atoms with E-state index in [1.165, 1.54) is 12.1 Å². The number of nitrogens with one attached hydrogen (secondary N) is 1. The normalized spacial score (nSPS) is 22.3. The number of rotatable bonds is 5. The maximum atomic E-state index is 13.7. The Hall–Kier alpha value is -2.56. The fourth-order valence-corrected chi connectivity index (χ4v) is 6.33. The van der Waals surface area contributed by atoms with Gasteiger partial charge in [-0.1, -0.05) is 42.1 Å². The molecule has 2 aliphatic heterocycles. The van der Waals surface area contributed by atoms with Gasteiger partial charge in [-0.2, -0.15) is 13.2 Å². The topological polar surface area (TPSA) is 55.5 Å². The van der Waals surface area contributed by atoms with Gasteiger partial charge in [0.25, 0.3) is 0 Å². The minimum absolute atomic E-state index is 0.0162. The van der Waals surface area contributed by atoms with Crippen molar-refractivity contribution in [2.24, 2.45) is 0 Å². The molecule has 3 aromatic rings. The zero-order chi connectivity index (χ0) is 25.3. The van der Waals surface area contributed by atoms with E-state index in [9.17, 15) is 18.0 Å². The van der Waals surface area contributed by atoms with Crippen molar-refractivity contribution in [2.75, 3.05) is 39.8 Å². The van der Waals surface area contributed by atoms with Crippen molar-refractivity contribution < 1.29 is 18.0 Å². The lowest BCUT2D eigenvalue weighted by Gasteiger charge is -2.30. The second kappa shape index (κ2) is 10.4. The minimum Gasteiger partial charge on any atom is -0.340 e. The third-order valence-corrected chi connectivity index (χ3v) is 8.11. The highest BCUT2D eigenvalue weighted by atomic mass is 32.2. The summed E-state index contributed by atoms with van der Waals surface area (Å²) in [6.45, 7) is 3.64. The molecular weight excluding hydrogens is 487 g/mol. The number of nitrogens with zero attached hydrogens (tertiary/aromatic N) is 4. The molecule has 2 aromatic carbocycles. The van der Waals surface area contributed by atoms with Crippen LogP contribution in [0.2, 0.25) is 0 Å². The van der Waals surface area contributed by atoms with Crippen LogP contribution in [0.1, 0.15) is 24.0 Å². The fraction of sp³-hybridized carbons (Fsp3) is 0.462. The average molecular weight is 518 g/mol. The lowest BCUT2D eigenvalue weighted by molar-refractivity contribution is -0.138. The van der Waals surface area contributed by atoms with Crippen LogP contribution in [-0.2, 0) is 17.5 Å². The Balaban J connectivity index is 1.38. The molecule has 0 aliphatic carbocycles. The summed E-state index contributed by atoms with van der Waals surface area (Å²) in [4.78, 5) is 27.7. The zero-order valence-corrected chi connectivity index (χ0v) is 21.0. The van der Waals surface area contributed by atoms with Crippen molar-refractivity contribution in [3.05, 3.63) is 59.7 Å². The molecule has 2 atom stereocenters. The van der Waals surface area contributed by atoms with E-state index in [2.05, 4.69) is 14.9 Å². The summed E-state index contributed by atoms with van der Waals surface area (Å²) in [5.41, 5.74) is 1.37. The van der Waals surface area contributed by atoms with Crippen LogP contribution in [0.3, 0.4) is 0 Å². The molecule has 3 heterocycles. The van der Waals surface area contributed by atoms with Crippen molar-refractivity contribution >= 4 is 28.7 Å². The smallest absolute Gasteiger partial charge is 0.340 e. The van der Waals surface area contributed by atoms with Gasteiger partial charge < -0.3 is 14.8 Å². The van der Waals surface area contributed by atoms with Gasteiger partial charge in [-0.25, -0.2) is 4.98 Å². The first-order chi connectivity index (χ1) is 17.3. The molecule has 2 fully saturated rings. The summed E-state index contributed by atoms with van der Waals surface area (Å²) in [5.74, 6) is 0.0162. The lowest BCUT2D eigenvalue weighted by Crippen LogP contribution is -2.46. The number of fused-ring (bicyclic) bond motifs is 1. The largest absolute Gasteiger partial charge is 0.416 e. The molecule has 0 saturated carbocycles. The first kappa shape index (κ1) is 25.1. The highest BCUT2D eigenvalue weighted by Gasteiger charge is 2.41. The summed E-state index contributed by atoms with van der Waals surface area (Å²) in [6.07, 6.45) is -2.97. The number of aromatic nitrogens is 2. The van der Waals surface area contributed by atoms with Crippen LogP contribution in [0, 0.1) is 0 Å². The molecule has 10 heteroatoms. The van der Waals surface area contributed by atoms with E-state index in [0.717, 1.165) is 41.8 Å². The molecule has 0 bridgehead atoms. The number of thioether (sulfide) groups is 1. The predicted octanol–water partition coefficient (Wildman–Crippen LogP) is 4.48. The van der Waals surface area contributed by atoms with E-state index in [4.69, 9.17) is 0 Å². The quantitative estimate of drug-likeness (QED) is 0.541. The highest BCUT2D eigenvalue weighted by molar-refractivity contribution is 7.99. The van der Waals surface area contributed by atoms with Crippen molar-refractivity contribution in [3.8, 4) is 0 Å². The molecular formula is C26H30F3N5OS. The van der Waals surface area contributed by atoms with Gasteiger partial charge in [0.05, 0.1) is 22.6 Å². The van der Waals surface area contributed by atoms with E-state index >= 15 is 0 Å². The first-order valence-electron chi connectivity index (χ1n) is 12.3. The first-order valence-corrected chi connectivity index (χ1v) is 13.1. The van der Waals surface area contributed by atoms with Crippen molar-refractivity contribution in [1.29, 1.82) is 0 Å². The number of likely N-dealkylation sites (N-methyl/N-ethyl adjacent to an activating group) is 1. The van der Waals surface area contributed by atoms with Crippen LogP contribution < -0.4 is 0 Å². The number of carbonyl (C=O) groups is 1. The number of carbonyl (C=O) groups excluding carboxylic acids is 1. The fourth-order valence-electron chi connectivity index (χ4n) is 5.15. The van der Waals surface area contributed by atoms with Crippen LogP contribution >= 0.6 is 11.8 Å². The maximum Gasteiger partial charge on any atom is 0.416 e. The van der Waals surface area contributed by atoms with E-state index in [0.29, 0.717) is 26.1 Å². The van der Waals surface area contributed by atoms with Gasteiger partial charge in [-0.05, 0) is 50.2 Å². The molecule has 0 unspecified atom stereocenters. The number of hydrogen-bond acceptors (Lipinski definition) is 5. The van der Waals surface area contributed by atoms with Gasteiger partial charge in [0, 0.05) is 38.0 Å². The summed E-state index contributed by atoms with van der Waals surface area (Å²) in [7, 11) is 2.05. The minimum atomic E-state index is -4.44. The molecule has 1 N–H and O–H groups in total. The van der Waals surface area contributed by atoms with Gasteiger partial charge in [-0.3, -0.25) is 9.69 Å². The van der Waals surface area contributed by atoms with E-state index in [-0.39, 0.29) is 23.3 Å². The van der Waals surface area contributed by atoms with Crippen molar-refractivity contribution in [2.45, 2.75) is 42.0 Å². The number of alkyl halides is 3. The second-order valence-electron chi connectivity index (χ2n) is 9.62. The van der Waals surface area contributed by atoms with Gasteiger partial charge in [0.1, 0.15) is 0 Å². The number of para-hydroxylation sites is 2. The van der Waals surface area contributed by atoms with Gasteiger partial charge in [0.2, 0.25) is 5.91 Å². The second-order valence-corrected chi connectivity index (χ2v) is 10.9. The van der Waals surface area contributed by atoms with Gasteiger partial charge in [0.15, 0.2) is 5.16 Å². The van der Waals surface area contributed by atoms with Gasteiger partial charge in [-0.15, -0.1) is 0 Å². The van der Waals surface area contributed by atoms with Crippen LogP contribution in [-0.4, -0.2) is 81.6 Å². The third kappa shape index (κ3) is 5.55. The molecule has 0 radical (unpaired) electrons. The summed E-state index contributed by atoms with van der Waals surface area (Å²) in [6, 6.07) is 13.0. The maximum absolute atomic E-state index is 13.7. The number of H-pyrrole nitrogens is 1. The Kier molecular flexibility index (Phi) is 7.28. The Morgan fingerprint density at radius 2 is 1.86 bits per heavy atom. The Morgan fingerprint density at radius 1 is 1.08 bits per heavy atom. The van der Waals surface area contributed by atoms with Crippen molar-refractivity contribution in [1.82, 2.24) is 24.7 Å². The molecule has 1 aromatic heterocycles. The molecule has 2 aliphatic rings. The number of amides is 1. The average Bonchev–Trinajstić information content (AvgIpc) is 3.36. The molecule has 0 spiro atoms. The molecule has 36 heavy (non-hydrogen) atoms. The summed E-state index contributed by atoms with van der Waals surface area (Å²) >= 11 is 1.56. The van der Waals surface area contributed by atoms with Crippen molar-refractivity contribution in [3.63, 3.8) is 0 Å². The highest BCUT2D eigenvalue weighted by Crippen LogP contribution is 2.37. The van der Waals surface area contributed by atoms with Crippen LogP contribution in [0.15, 0.2) is 53.7 Å². The number of imidazole rings is 1. The standard InChI is InChI=1S/C26H30F3N5OS/c1-32-11-6-12-33(14-13-32)24(35)23-15-19(36-25-30-21-9-4-5-10-22(21)31-25)17-34(23)16-18-7-2-3-8-20(18)26(27,28)29/h2-5,7-10,19,23H,6,11-17H2,1H3,(H,30,31)/t19-,23+/m1/s1. The monoisotopic (exact) mass is 517 g/mol. The number of benzene rings is 2. The van der Waals surface area contributed by atoms with Gasteiger partial charge >= 0.3 is 6.18 Å². The zero-order valence-electron chi connectivity index (χ0n) is 20.2. The summed E-state index contributed by atoms with van der Waals surface area (Å²) in [5, 5.41) is 0.800. The number of hydrogen-bond donors (Lipinski definition) is 1. The van der Waals surface area contributed by atoms with E-state index < -0.39 is 17.8 Å². The Labute approximate surface area is 212 Å². The van der Waals surface area contributed by atoms with E-state index in [1.54, 1.807) is 17.8 Å². The molecule has 6 nitrogen and oxygen atoms in total. The lowest BCUT2D eigenvalue weighted by atomic mass is 10.1. The van der Waals surface area contributed by atoms with Crippen LogP contribution in [0.5, 0.6) is 0 Å². The Morgan fingerprint density at radius 3 is 2.67 bits per heavy atom. The predicted molar refractivity (Wildman–Crippen MR) is 135 cm³/mol. The molecule has 2 saturated heterocycles. The van der Waals surface area contributed by atoms with Crippen LogP contribution in [0.4, 0.5) is 13.2 Å².